The molecule has 0 fully saturated rings. The maximum absolute atomic E-state index is 4.46. The van der Waals surface area contributed by atoms with E-state index in [9.17, 15) is 0 Å². The summed E-state index contributed by atoms with van der Waals surface area (Å²) in [7, 11) is 0. The van der Waals surface area contributed by atoms with E-state index in [2.05, 4.69) is 41.0 Å². The summed E-state index contributed by atoms with van der Waals surface area (Å²) in [6.07, 6.45) is 5.23. The molecule has 0 aromatic carbocycles. The van der Waals surface area contributed by atoms with Gasteiger partial charge in [-0.3, -0.25) is 0 Å². The molecule has 1 N–H and O–H groups in total. The van der Waals surface area contributed by atoms with Gasteiger partial charge in [-0.05, 0) is 30.7 Å². The smallest absolute Gasteiger partial charge is 0.140 e. The molecule has 0 unspecified atom stereocenters. The van der Waals surface area contributed by atoms with Crippen LogP contribution in [0.15, 0.2) is 24.5 Å². The van der Waals surface area contributed by atoms with Crippen molar-refractivity contribution in [1.82, 2.24) is 14.9 Å². The van der Waals surface area contributed by atoms with E-state index in [-0.39, 0.29) is 0 Å². The van der Waals surface area contributed by atoms with Gasteiger partial charge >= 0.3 is 0 Å². The largest absolute Gasteiger partial charge is 0.332 e. The van der Waals surface area contributed by atoms with Gasteiger partial charge in [-0.15, -0.1) is 0 Å². The first-order valence-electron chi connectivity index (χ1n) is 6.00. The molecule has 0 saturated carbocycles. The van der Waals surface area contributed by atoms with Gasteiger partial charge in [0.05, 0.1) is 0 Å². The number of pyridine rings is 1. The molecule has 16 heavy (non-hydrogen) atoms. The Morgan fingerprint density at radius 1 is 1.38 bits per heavy atom. The van der Waals surface area contributed by atoms with E-state index in [1.54, 1.807) is 0 Å². The third-order valence-electron chi connectivity index (χ3n) is 2.75. The van der Waals surface area contributed by atoms with E-state index < -0.39 is 0 Å². The highest BCUT2D eigenvalue weighted by Gasteiger charge is 2.07. The van der Waals surface area contributed by atoms with Crippen LogP contribution in [-0.2, 0) is 13.1 Å². The number of nitrogens with zero attached hydrogens (tertiary/aromatic N) is 2. The van der Waals surface area contributed by atoms with Gasteiger partial charge in [-0.2, -0.15) is 0 Å². The summed E-state index contributed by atoms with van der Waals surface area (Å²) >= 11 is 0. The molecule has 0 radical (unpaired) electrons. The van der Waals surface area contributed by atoms with E-state index in [1.165, 1.54) is 10.9 Å². The van der Waals surface area contributed by atoms with Crippen molar-refractivity contribution >= 4 is 11.0 Å². The van der Waals surface area contributed by atoms with Gasteiger partial charge in [0.1, 0.15) is 5.65 Å². The average Bonchev–Trinajstić information content (AvgIpc) is 2.66. The van der Waals surface area contributed by atoms with Gasteiger partial charge in [-0.1, -0.05) is 13.8 Å². The Hall–Kier alpha value is -1.35. The molecular weight excluding hydrogens is 198 g/mol. The maximum Gasteiger partial charge on any atom is 0.140 e. The molecule has 3 heteroatoms. The molecular formula is C13H19N3. The van der Waals surface area contributed by atoms with E-state index in [0.29, 0.717) is 0 Å². The van der Waals surface area contributed by atoms with Crippen LogP contribution in [0, 0.1) is 0 Å². The zero-order valence-electron chi connectivity index (χ0n) is 10.0. The number of aryl methyl sites for hydroxylation is 1. The first kappa shape index (κ1) is 11.1. The summed E-state index contributed by atoms with van der Waals surface area (Å²) in [5.41, 5.74) is 2.45. The molecule has 0 amide bonds. The summed E-state index contributed by atoms with van der Waals surface area (Å²) in [6.45, 7) is 7.29. The molecule has 0 bridgehead atoms. The van der Waals surface area contributed by atoms with Crippen molar-refractivity contribution in [3.63, 3.8) is 0 Å². The number of hydrogen-bond donors (Lipinski definition) is 1. The first-order chi connectivity index (χ1) is 7.86. The average molecular weight is 217 g/mol. The maximum atomic E-state index is 4.46. The van der Waals surface area contributed by atoms with Gasteiger partial charge in [0.15, 0.2) is 0 Å². The van der Waals surface area contributed by atoms with Crippen LogP contribution in [0.4, 0.5) is 0 Å². The Bertz CT molecular complexity index is 459. The van der Waals surface area contributed by atoms with E-state index in [1.807, 2.05) is 12.3 Å². The number of rotatable bonds is 5. The van der Waals surface area contributed by atoms with Crippen LogP contribution >= 0.6 is 0 Å². The monoisotopic (exact) mass is 217 g/mol. The van der Waals surface area contributed by atoms with Crippen molar-refractivity contribution in [1.29, 1.82) is 0 Å². The number of fused-ring (bicyclic) bond motifs is 1. The van der Waals surface area contributed by atoms with E-state index >= 15 is 0 Å². The first-order valence-corrected chi connectivity index (χ1v) is 6.00. The zero-order valence-corrected chi connectivity index (χ0v) is 10.0. The summed E-state index contributed by atoms with van der Waals surface area (Å²) in [4.78, 5) is 4.46. The predicted molar refractivity (Wildman–Crippen MR) is 67.4 cm³/mol. The second-order valence-electron chi connectivity index (χ2n) is 4.00. The lowest BCUT2D eigenvalue weighted by atomic mass is 10.2. The topological polar surface area (TPSA) is 29.9 Å². The summed E-state index contributed by atoms with van der Waals surface area (Å²) < 4.78 is 2.25. The Balaban J connectivity index is 2.40. The fraction of sp³-hybridized carbons (Fsp3) is 0.462. The van der Waals surface area contributed by atoms with Crippen LogP contribution in [0.25, 0.3) is 11.0 Å². The van der Waals surface area contributed by atoms with Crippen molar-refractivity contribution in [3.05, 3.63) is 30.1 Å². The Morgan fingerprint density at radius 2 is 2.25 bits per heavy atom. The normalized spacial score (nSPS) is 11.1. The Kier molecular flexibility index (Phi) is 3.57. The third-order valence-corrected chi connectivity index (χ3v) is 2.75. The minimum atomic E-state index is 0.926. The highest BCUT2D eigenvalue weighted by atomic mass is 15.0. The molecule has 3 nitrogen and oxygen atoms in total. The number of hydrogen-bond acceptors (Lipinski definition) is 2. The van der Waals surface area contributed by atoms with Crippen molar-refractivity contribution in [2.75, 3.05) is 6.54 Å². The van der Waals surface area contributed by atoms with Gasteiger partial charge in [-0.25, -0.2) is 4.98 Å². The minimum Gasteiger partial charge on any atom is -0.332 e. The molecule has 2 aromatic heterocycles. The fourth-order valence-electron chi connectivity index (χ4n) is 2.01. The lowest BCUT2D eigenvalue weighted by molar-refractivity contribution is 0.685. The van der Waals surface area contributed by atoms with E-state index in [0.717, 1.165) is 31.7 Å². The van der Waals surface area contributed by atoms with Crippen LogP contribution in [0.1, 0.15) is 25.8 Å². The lowest BCUT2D eigenvalue weighted by Crippen LogP contribution is -2.11. The van der Waals surface area contributed by atoms with Crippen molar-refractivity contribution in [3.8, 4) is 0 Å². The van der Waals surface area contributed by atoms with Crippen molar-refractivity contribution < 1.29 is 0 Å². The van der Waals surface area contributed by atoms with E-state index in [4.69, 9.17) is 0 Å². The van der Waals surface area contributed by atoms with Crippen LogP contribution < -0.4 is 5.32 Å². The second kappa shape index (κ2) is 5.12. The third kappa shape index (κ3) is 2.09. The molecule has 0 aliphatic rings. The standard InChI is InChI=1S/C13H19N3/c1-3-8-16-10-11(9-14-4-2)12-6-5-7-15-13(12)16/h5-7,10,14H,3-4,8-9H2,1-2H3. The van der Waals surface area contributed by atoms with Crippen LogP contribution in [0.2, 0.25) is 0 Å². The van der Waals surface area contributed by atoms with Gasteiger partial charge in [0.25, 0.3) is 0 Å². The molecule has 2 aromatic rings. The van der Waals surface area contributed by atoms with Crippen LogP contribution in [0.3, 0.4) is 0 Å². The highest BCUT2D eigenvalue weighted by molar-refractivity contribution is 5.80. The molecule has 0 aliphatic heterocycles. The Labute approximate surface area is 96.5 Å². The quantitative estimate of drug-likeness (QED) is 0.834. The van der Waals surface area contributed by atoms with Crippen molar-refractivity contribution in [2.45, 2.75) is 33.4 Å². The molecule has 86 valence electrons. The van der Waals surface area contributed by atoms with Gasteiger partial charge < -0.3 is 9.88 Å². The van der Waals surface area contributed by atoms with Gasteiger partial charge in [0, 0.05) is 30.9 Å². The van der Waals surface area contributed by atoms with Gasteiger partial charge in [0.2, 0.25) is 0 Å². The fourth-order valence-corrected chi connectivity index (χ4v) is 2.01. The zero-order chi connectivity index (χ0) is 11.4. The summed E-state index contributed by atoms with van der Waals surface area (Å²) in [5.74, 6) is 0. The summed E-state index contributed by atoms with van der Waals surface area (Å²) in [5, 5.41) is 4.65. The predicted octanol–water partition coefficient (Wildman–Crippen LogP) is 2.56. The molecule has 0 atom stereocenters. The number of aromatic nitrogens is 2. The SMILES string of the molecule is CCCn1cc(CNCC)c2cccnc21. The molecule has 0 aliphatic carbocycles. The molecule has 0 spiro atoms. The van der Waals surface area contributed by atoms with Crippen molar-refractivity contribution in [2.24, 2.45) is 0 Å². The molecule has 2 heterocycles. The van der Waals surface area contributed by atoms with Crippen LogP contribution in [0.5, 0.6) is 0 Å². The summed E-state index contributed by atoms with van der Waals surface area (Å²) in [6, 6.07) is 4.16. The minimum absolute atomic E-state index is 0.926. The molecule has 2 rings (SSSR count). The highest BCUT2D eigenvalue weighted by Crippen LogP contribution is 2.19. The lowest BCUT2D eigenvalue weighted by Gasteiger charge is -2.00. The second-order valence-corrected chi connectivity index (χ2v) is 4.00. The number of nitrogens with one attached hydrogen (secondary N) is 1. The Morgan fingerprint density at radius 3 is 3.00 bits per heavy atom. The van der Waals surface area contributed by atoms with Crippen LogP contribution in [-0.4, -0.2) is 16.1 Å². The molecule has 0 saturated heterocycles.